The fourth-order valence-electron chi connectivity index (χ4n) is 3.65. The monoisotopic (exact) mass is 531 g/mol. The van der Waals surface area contributed by atoms with Crippen molar-refractivity contribution in [3.8, 4) is 0 Å². The second-order valence-electron chi connectivity index (χ2n) is 7.70. The molecule has 13 heteroatoms. The number of amides is 1. The van der Waals surface area contributed by atoms with Crippen LogP contribution < -0.4 is 5.32 Å². The van der Waals surface area contributed by atoms with Crippen molar-refractivity contribution in [2.75, 3.05) is 57.9 Å². The first-order valence-corrected chi connectivity index (χ1v) is 13.9. The van der Waals surface area contributed by atoms with Gasteiger partial charge in [0.05, 0.1) is 52.6 Å². The zero-order valence-corrected chi connectivity index (χ0v) is 20.6. The molecular formula is C21H26ClN3O7S2+2. The molecule has 184 valence electrons. The van der Waals surface area contributed by atoms with Gasteiger partial charge in [0, 0.05) is 17.3 Å². The molecule has 2 atom stereocenters. The lowest BCUT2D eigenvalue weighted by molar-refractivity contribution is 0.0700. The van der Waals surface area contributed by atoms with Crippen LogP contribution in [0.2, 0.25) is 5.02 Å². The Morgan fingerprint density at radius 2 is 1.38 bits per heavy atom. The molecule has 0 saturated carbocycles. The highest BCUT2D eigenvalue weighted by molar-refractivity contribution is 7.95. The first kappa shape index (κ1) is 25.4. The Morgan fingerprint density at radius 3 is 1.94 bits per heavy atom. The topological polar surface area (TPSA) is 129 Å². The maximum absolute atomic E-state index is 13.1. The Morgan fingerprint density at radius 1 is 0.853 bits per heavy atom. The normalized spacial score (nSPS) is 21.4. The average molecular weight is 532 g/mol. The fourth-order valence-corrected chi connectivity index (χ4v) is 7.02. The molecule has 2 unspecified atom stereocenters. The maximum Gasteiger partial charge on any atom is 0.327 e. The van der Waals surface area contributed by atoms with Crippen molar-refractivity contribution in [2.45, 2.75) is 9.79 Å². The molecule has 0 aliphatic carbocycles. The number of benzene rings is 2. The number of hydrogen-bond acceptors (Lipinski definition) is 5. The van der Waals surface area contributed by atoms with Gasteiger partial charge in [-0.25, -0.2) is 0 Å². The molecule has 0 aromatic heterocycles. The molecule has 2 aromatic rings. The molecule has 0 bridgehead atoms. The number of carbonyl (C=O) groups excluding carboxylic acids is 1. The van der Waals surface area contributed by atoms with Gasteiger partial charge in [0.25, 0.3) is 5.91 Å². The zero-order valence-electron chi connectivity index (χ0n) is 18.2. The smallest absolute Gasteiger partial charge is 0.327 e. The standard InChI is InChI=1S/C21H24ClN3O7S2/c22-19-6-3-17(15-20(19)34(29,30)25-9-13-32-14-10-25)23-21(26)16-1-4-18(5-2-16)33(27,28)24-7-11-31-12-8-24/h1-6,15H,7-14H2,(H-2,23,26,27,28,29,30)/p+2. The van der Waals surface area contributed by atoms with E-state index in [2.05, 4.69) is 5.32 Å². The molecule has 34 heavy (non-hydrogen) atoms. The van der Waals surface area contributed by atoms with Gasteiger partial charge in [-0.15, -0.1) is 0 Å². The third-order valence-corrected chi connectivity index (χ3v) is 9.91. The van der Waals surface area contributed by atoms with Gasteiger partial charge < -0.3 is 14.8 Å². The number of anilines is 1. The molecule has 10 nitrogen and oxygen atoms in total. The van der Waals surface area contributed by atoms with Gasteiger partial charge in [-0.2, -0.15) is 9.11 Å². The van der Waals surface area contributed by atoms with E-state index in [-0.39, 0.29) is 33.5 Å². The molecule has 4 rings (SSSR count). The minimum atomic E-state index is -3.60. The van der Waals surface area contributed by atoms with E-state index < -0.39 is 26.7 Å². The molecule has 2 fully saturated rings. The number of halogens is 1. The van der Waals surface area contributed by atoms with E-state index in [1.165, 1.54) is 51.1 Å². The molecule has 3 N–H and O–H groups in total. The Balaban J connectivity index is 1.49. The molecule has 0 radical (unpaired) electrons. The van der Waals surface area contributed by atoms with E-state index in [4.69, 9.17) is 21.1 Å². The van der Waals surface area contributed by atoms with E-state index in [9.17, 15) is 22.3 Å². The zero-order chi connectivity index (χ0) is 24.3. The summed E-state index contributed by atoms with van der Waals surface area (Å²) in [6, 6.07) is 10.2. The van der Waals surface area contributed by atoms with Gasteiger partial charge in [0.15, 0.2) is 0 Å². The first-order valence-electron chi connectivity index (χ1n) is 10.6. The predicted molar refractivity (Wildman–Crippen MR) is 129 cm³/mol. The molecule has 2 aromatic carbocycles. The number of ether oxygens (including phenoxy) is 2. The number of nitrogens with one attached hydrogen (secondary N) is 1. The molecule has 2 aliphatic heterocycles. The number of nitrogens with zero attached hydrogens (tertiary/aromatic N) is 2. The second-order valence-corrected chi connectivity index (χ2v) is 12.0. The van der Waals surface area contributed by atoms with E-state index in [1.54, 1.807) is 0 Å². The van der Waals surface area contributed by atoms with Crippen molar-refractivity contribution >= 4 is 44.0 Å². The van der Waals surface area contributed by atoms with E-state index in [1.807, 2.05) is 0 Å². The Bertz CT molecular complexity index is 1140. The largest absolute Gasteiger partial charge is 0.378 e. The Kier molecular flexibility index (Phi) is 7.82. The lowest BCUT2D eigenvalue weighted by atomic mass is 10.2. The van der Waals surface area contributed by atoms with Gasteiger partial charge in [0.2, 0.25) is 9.79 Å². The molecule has 2 heterocycles. The maximum atomic E-state index is 13.1. The summed E-state index contributed by atoms with van der Waals surface area (Å²) in [6.07, 6.45) is 0. The Labute approximate surface area is 204 Å². The number of rotatable bonds is 6. The van der Waals surface area contributed by atoms with Gasteiger partial charge in [-0.05, 0) is 44.8 Å². The van der Waals surface area contributed by atoms with Crippen LogP contribution in [-0.2, 0) is 38.7 Å². The van der Waals surface area contributed by atoms with Gasteiger partial charge in [0.1, 0.15) is 5.02 Å². The van der Waals surface area contributed by atoms with Crippen LogP contribution in [0.1, 0.15) is 10.4 Å². The van der Waals surface area contributed by atoms with Crippen molar-refractivity contribution in [2.24, 2.45) is 0 Å². The quantitative estimate of drug-likeness (QED) is 0.489. The van der Waals surface area contributed by atoms with Gasteiger partial charge in [-0.1, -0.05) is 20.2 Å². The predicted octanol–water partition coefficient (Wildman–Crippen LogP) is 2.75. The van der Waals surface area contributed by atoms with Gasteiger partial charge in [-0.3, -0.25) is 4.79 Å². The Hall–Kier alpha value is -1.74. The van der Waals surface area contributed by atoms with Crippen molar-refractivity contribution in [1.82, 2.24) is 8.61 Å². The third kappa shape index (κ3) is 5.40. The van der Waals surface area contributed by atoms with Crippen LogP contribution in [0.4, 0.5) is 5.69 Å². The SMILES string of the molecule is O=C(Nc1ccc(Cl)c([S+](=O)(O)N2CCOCC2)c1)c1ccc([S+](=O)(O)N2CCOCC2)cc1. The summed E-state index contributed by atoms with van der Waals surface area (Å²) in [5, 5.41) is 2.80. The van der Waals surface area contributed by atoms with Gasteiger partial charge >= 0.3 is 20.8 Å². The fraction of sp³-hybridized carbons (Fsp3) is 0.381. The average Bonchev–Trinajstić information content (AvgIpc) is 2.86. The van der Waals surface area contributed by atoms with E-state index in [0.29, 0.717) is 45.2 Å². The molecular weight excluding hydrogens is 506 g/mol. The summed E-state index contributed by atoms with van der Waals surface area (Å²) < 4.78 is 60.5. The van der Waals surface area contributed by atoms with E-state index >= 15 is 0 Å². The van der Waals surface area contributed by atoms with Crippen molar-refractivity contribution < 1.29 is 31.8 Å². The van der Waals surface area contributed by atoms with E-state index in [0.717, 1.165) is 0 Å². The molecule has 0 spiro atoms. The van der Waals surface area contributed by atoms with Crippen LogP contribution in [0.25, 0.3) is 0 Å². The summed E-state index contributed by atoms with van der Waals surface area (Å²) >= 11 is 6.21. The summed E-state index contributed by atoms with van der Waals surface area (Å²) in [5.41, 5.74) is 0.554. The van der Waals surface area contributed by atoms with Crippen molar-refractivity contribution in [3.63, 3.8) is 0 Å². The molecule has 1 amide bonds. The summed E-state index contributed by atoms with van der Waals surface area (Å²) in [6.45, 7) is 2.70. The lowest BCUT2D eigenvalue weighted by Gasteiger charge is -2.24. The highest BCUT2D eigenvalue weighted by Crippen LogP contribution is 2.32. The second kappa shape index (κ2) is 10.5. The van der Waals surface area contributed by atoms with Crippen molar-refractivity contribution in [1.29, 1.82) is 0 Å². The number of hydrogen-bond donors (Lipinski definition) is 3. The minimum absolute atomic E-state index is 0.00902. The highest BCUT2D eigenvalue weighted by atomic mass is 35.5. The number of morpholine rings is 2. The van der Waals surface area contributed by atoms with Crippen LogP contribution in [0.3, 0.4) is 0 Å². The van der Waals surface area contributed by atoms with Crippen molar-refractivity contribution in [3.05, 3.63) is 53.1 Å². The molecule has 2 saturated heterocycles. The summed E-state index contributed by atoms with van der Waals surface area (Å²) in [5.74, 6) is -0.480. The number of carbonyl (C=O) groups is 1. The highest BCUT2D eigenvalue weighted by Gasteiger charge is 2.42. The van der Waals surface area contributed by atoms with Crippen LogP contribution in [0.5, 0.6) is 0 Å². The van der Waals surface area contributed by atoms with Crippen LogP contribution in [0.15, 0.2) is 52.3 Å². The third-order valence-electron chi connectivity index (χ3n) is 5.54. The lowest BCUT2D eigenvalue weighted by Crippen LogP contribution is -2.44. The summed E-state index contributed by atoms with van der Waals surface area (Å²) in [4.78, 5) is 13.0. The first-order chi connectivity index (χ1) is 16.2. The van der Waals surface area contributed by atoms with Crippen LogP contribution in [-0.4, -0.2) is 76.2 Å². The molecule has 2 aliphatic rings. The van der Waals surface area contributed by atoms with Crippen LogP contribution in [0, 0.1) is 0 Å². The summed E-state index contributed by atoms with van der Waals surface area (Å²) in [7, 11) is -7.02. The van der Waals surface area contributed by atoms with Crippen LogP contribution >= 0.6 is 11.6 Å². The minimum Gasteiger partial charge on any atom is -0.378 e.